The highest BCUT2D eigenvalue weighted by Gasteiger charge is 2.30. The molecule has 13 heavy (non-hydrogen) atoms. The van der Waals surface area contributed by atoms with Gasteiger partial charge in [-0.2, -0.15) is 0 Å². The summed E-state index contributed by atoms with van der Waals surface area (Å²) in [6, 6.07) is -0.543. The van der Waals surface area contributed by atoms with Gasteiger partial charge in [-0.1, -0.05) is 0 Å². The third-order valence-corrected chi connectivity index (χ3v) is 4.10. The molecule has 0 fully saturated rings. The van der Waals surface area contributed by atoms with Gasteiger partial charge >= 0.3 is 14.6 Å². The molecule has 0 aromatic heterocycles. The van der Waals surface area contributed by atoms with E-state index in [2.05, 4.69) is 5.32 Å². The fourth-order valence-corrected chi connectivity index (χ4v) is 3.01. The molecule has 0 spiro atoms. The van der Waals surface area contributed by atoms with E-state index in [1.807, 2.05) is 20.4 Å². The van der Waals surface area contributed by atoms with E-state index in [-0.39, 0.29) is 0 Å². The molecule has 0 aromatic rings. The Morgan fingerprint density at radius 3 is 2.15 bits per heavy atom. The van der Waals surface area contributed by atoms with Crippen LogP contribution in [0.15, 0.2) is 0 Å². The first-order valence-electron chi connectivity index (χ1n) is 4.35. The molecular weight excluding hydrogens is 188 g/mol. The molecule has 0 saturated heterocycles. The van der Waals surface area contributed by atoms with Crippen molar-refractivity contribution in [1.29, 1.82) is 0 Å². The molecule has 2 amide bonds. The second-order valence-corrected chi connectivity index (χ2v) is 5.92. The lowest BCUT2D eigenvalue weighted by Crippen LogP contribution is -2.51. The van der Waals surface area contributed by atoms with E-state index in [9.17, 15) is 4.79 Å². The Kier molecular flexibility index (Phi) is 5.68. The van der Waals surface area contributed by atoms with Crippen LogP contribution in [0.25, 0.3) is 0 Å². The monoisotopic (exact) mass is 206 g/mol. The second kappa shape index (κ2) is 5.95. The highest BCUT2D eigenvalue weighted by Crippen LogP contribution is 2.05. The lowest BCUT2D eigenvalue weighted by Gasteiger charge is -2.25. The second-order valence-electron chi connectivity index (χ2n) is 2.72. The van der Waals surface area contributed by atoms with Gasteiger partial charge in [-0.15, -0.1) is 0 Å². The van der Waals surface area contributed by atoms with Crippen LogP contribution < -0.4 is 11.1 Å². The first kappa shape index (κ1) is 12.4. The summed E-state index contributed by atoms with van der Waals surface area (Å²) in [7, 11) is -2.22. The van der Waals surface area contributed by atoms with Crippen molar-refractivity contribution in [3.8, 4) is 0 Å². The van der Waals surface area contributed by atoms with Gasteiger partial charge in [0.1, 0.15) is 0 Å². The lowest BCUT2D eigenvalue weighted by atomic mass is 10.9. The average Bonchev–Trinajstić information content (AvgIpc) is 2.02. The van der Waals surface area contributed by atoms with Gasteiger partial charge < -0.3 is 19.9 Å². The smallest absolute Gasteiger partial charge is 0.354 e. The van der Waals surface area contributed by atoms with Crippen molar-refractivity contribution in [3.63, 3.8) is 0 Å². The molecule has 0 radical (unpaired) electrons. The Bertz CT molecular complexity index is 160. The minimum Gasteiger partial charge on any atom is -0.394 e. The van der Waals surface area contributed by atoms with Gasteiger partial charge in [0, 0.05) is 13.2 Å². The molecule has 0 aliphatic heterocycles. The van der Waals surface area contributed by atoms with Gasteiger partial charge in [-0.25, -0.2) is 4.79 Å². The summed E-state index contributed by atoms with van der Waals surface area (Å²) < 4.78 is 10.9. The van der Waals surface area contributed by atoms with Gasteiger partial charge in [0.15, 0.2) is 0 Å². The molecule has 0 aromatic carbocycles. The summed E-state index contributed by atoms with van der Waals surface area (Å²) in [5.74, 6) is 0. The maximum absolute atomic E-state index is 10.5. The van der Waals surface area contributed by atoms with Crippen molar-refractivity contribution >= 4 is 14.6 Å². The number of nitrogens with one attached hydrogen (secondary N) is 1. The number of carbonyl (C=O) groups excluding carboxylic acids is 1. The van der Waals surface area contributed by atoms with Gasteiger partial charge in [-0.3, -0.25) is 0 Å². The number of hydrogen-bond acceptors (Lipinski definition) is 3. The molecule has 0 aliphatic carbocycles. The van der Waals surface area contributed by atoms with Crippen molar-refractivity contribution in [2.45, 2.75) is 20.4 Å². The molecule has 3 N–H and O–H groups in total. The van der Waals surface area contributed by atoms with E-state index in [4.69, 9.17) is 14.6 Å². The summed E-state index contributed by atoms with van der Waals surface area (Å²) in [6.45, 7) is 6.87. The van der Waals surface area contributed by atoms with E-state index in [1.54, 1.807) is 0 Å². The molecule has 78 valence electrons. The summed E-state index contributed by atoms with van der Waals surface area (Å²) in [4.78, 5) is 10.5. The Labute approximate surface area is 79.8 Å². The van der Waals surface area contributed by atoms with Crippen LogP contribution in [0, 0.1) is 0 Å². The Morgan fingerprint density at radius 2 is 1.85 bits per heavy atom. The fourth-order valence-electron chi connectivity index (χ4n) is 1.00. The first-order valence-corrected chi connectivity index (χ1v) is 6.87. The van der Waals surface area contributed by atoms with Crippen molar-refractivity contribution in [1.82, 2.24) is 5.32 Å². The van der Waals surface area contributed by atoms with Crippen LogP contribution in [0.3, 0.4) is 0 Å². The Hall–Kier alpha value is -0.593. The fraction of sp³-hybridized carbons (Fsp3) is 0.857. The highest BCUT2D eigenvalue weighted by atomic mass is 28.4. The molecule has 5 nitrogen and oxygen atoms in total. The SMILES string of the molecule is CCO[Si](C)(CNC(N)=O)OCC. The van der Waals surface area contributed by atoms with Crippen LogP contribution in [0.2, 0.25) is 6.55 Å². The zero-order chi connectivity index (χ0) is 10.3. The van der Waals surface area contributed by atoms with E-state index < -0.39 is 14.6 Å². The van der Waals surface area contributed by atoms with Gasteiger partial charge in [0.05, 0.1) is 6.17 Å². The van der Waals surface area contributed by atoms with Crippen LogP contribution in [-0.4, -0.2) is 34.0 Å². The largest absolute Gasteiger partial charge is 0.394 e. The summed E-state index contributed by atoms with van der Waals surface area (Å²) >= 11 is 0. The van der Waals surface area contributed by atoms with Crippen LogP contribution in [0.5, 0.6) is 0 Å². The predicted molar refractivity (Wildman–Crippen MR) is 52.5 cm³/mol. The zero-order valence-corrected chi connectivity index (χ0v) is 9.42. The van der Waals surface area contributed by atoms with Crippen LogP contribution in [0.4, 0.5) is 4.79 Å². The van der Waals surface area contributed by atoms with Crippen molar-refractivity contribution in [2.24, 2.45) is 5.73 Å². The Balaban J connectivity index is 3.98. The van der Waals surface area contributed by atoms with E-state index >= 15 is 0 Å². The lowest BCUT2D eigenvalue weighted by molar-refractivity contribution is 0.186. The topological polar surface area (TPSA) is 73.6 Å². The summed E-state index contributed by atoms with van der Waals surface area (Å²) in [6.07, 6.45) is 0.393. The van der Waals surface area contributed by atoms with Crippen molar-refractivity contribution in [2.75, 3.05) is 19.4 Å². The minimum atomic E-state index is -2.22. The normalized spacial score (nSPS) is 11.3. The zero-order valence-electron chi connectivity index (χ0n) is 8.42. The standard InChI is InChI=1S/C7H18N2O3Si/c1-4-11-13(3,12-5-2)6-9-7(8)10/h4-6H2,1-3H3,(H3,8,9,10). The Morgan fingerprint density at radius 1 is 1.38 bits per heavy atom. The molecule has 6 heteroatoms. The molecule has 0 unspecified atom stereocenters. The van der Waals surface area contributed by atoms with Crippen molar-refractivity contribution in [3.05, 3.63) is 0 Å². The summed E-state index contributed by atoms with van der Waals surface area (Å²) in [5, 5.41) is 2.51. The van der Waals surface area contributed by atoms with Gasteiger partial charge in [0.2, 0.25) is 0 Å². The molecule has 0 bridgehead atoms. The first-order chi connectivity index (χ1) is 6.04. The number of nitrogens with two attached hydrogens (primary N) is 1. The van der Waals surface area contributed by atoms with Crippen molar-refractivity contribution < 1.29 is 13.6 Å². The van der Waals surface area contributed by atoms with Crippen LogP contribution >= 0.6 is 0 Å². The molecule has 0 rings (SSSR count). The maximum atomic E-state index is 10.5. The quantitative estimate of drug-likeness (QED) is 0.615. The van der Waals surface area contributed by atoms with Crippen LogP contribution in [0.1, 0.15) is 13.8 Å². The number of urea groups is 1. The highest BCUT2D eigenvalue weighted by molar-refractivity contribution is 6.66. The van der Waals surface area contributed by atoms with E-state index in [0.29, 0.717) is 19.4 Å². The van der Waals surface area contributed by atoms with Gasteiger partial charge in [-0.05, 0) is 20.4 Å². The maximum Gasteiger partial charge on any atom is 0.354 e. The third kappa shape index (κ3) is 5.62. The number of primary amides is 1. The number of amides is 2. The minimum absolute atomic E-state index is 0.393. The van der Waals surface area contributed by atoms with E-state index in [0.717, 1.165) is 0 Å². The summed E-state index contributed by atoms with van der Waals surface area (Å²) in [5.41, 5.74) is 4.95. The van der Waals surface area contributed by atoms with Gasteiger partial charge in [0.25, 0.3) is 0 Å². The van der Waals surface area contributed by atoms with Crippen LogP contribution in [-0.2, 0) is 8.85 Å². The predicted octanol–water partition coefficient (Wildman–Crippen LogP) is 0.339. The third-order valence-electron chi connectivity index (χ3n) is 1.48. The number of carbonyl (C=O) groups is 1. The molecule has 0 saturated carbocycles. The molecule has 0 heterocycles. The average molecular weight is 206 g/mol. The molecular formula is C7H18N2O3Si. The molecule has 0 atom stereocenters. The number of hydrogen-bond donors (Lipinski definition) is 2. The number of rotatable bonds is 6. The van der Waals surface area contributed by atoms with E-state index in [1.165, 1.54) is 0 Å². The molecule has 0 aliphatic rings.